The molecule has 2 amide bonds. The Morgan fingerprint density at radius 3 is 2.90 bits per heavy atom. The minimum atomic E-state index is -0.281. The van der Waals surface area contributed by atoms with Gasteiger partial charge in [-0.1, -0.05) is 18.2 Å². The first-order valence-electron chi connectivity index (χ1n) is 6.97. The van der Waals surface area contributed by atoms with Crippen molar-refractivity contribution in [1.82, 2.24) is 10.2 Å². The van der Waals surface area contributed by atoms with E-state index in [1.165, 1.54) is 10.5 Å². The van der Waals surface area contributed by atoms with Gasteiger partial charge in [0.1, 0.15) is 6.04 Å². The van der Waals surface area contributed by atoms with E-state index in [1.54, 1.807) is 23.7 Å². The molecule has 3 rings (SSSR count). The fraction of sp³-hybridized carbons (Fsp3) is 0.467. The van der Waals surface area contributed by atoms with Gasteiger partial charge in [0.25, 0.3) is 0 Å². The summed E-state index contributed by atoms with van der Waals surface area (Å²) in [5.74, 6) is 0.0636. The SMILES string of the molecule is CNC(=O)[C@H]1CCCN1C(=O)[C@H]1Cc2ccccc2S1. The molecule has 2 aliphatic rings. The number of amides is 2. The molecular weight excluding hydrogens is 272 g/mol. The summed E-state index contributed by atoms with van der Waals surface area (Å²) in [4.78, 5) is 27.5. The molecule has 1 aromatic rings. The Balaban J connectivity index is 1.73. The van der Waals surface area contributed by atoms with Crippen LogP contribution in [0.2, 0.25) is 0 Å². The Labute approximate surface area is 122 Å². The van der Waals surface area contributed by atoms with Gasteiger partial charge in [-0.05, 0) is 30.9 Å². The maximum absolute atomic E-state index is 12.7. The lowest BCUT2D eigenvalue weighted by Gasteiger charge is -2.25. The van der Waals surface area contributed by atoms with E-state index in [0.717, 1.165) is 19.3 Å². The summed E-state index contributed by atoms with van der Waals surface area (Å²) in [7, 11) is 1.63. The van der Waals surface area contributed by atoms with E-state index < -0.39 is 0 Å². The Morgan fingerprint density at radius 2 is 2.15 bits per heavy atom. The van der Waals surface area contributed by atoms with E-state index in [9.17, 15) is 9.59 Å². The van der Waals surface area contributed by atoms with Crippen LogP contribution >= 0.6 is 11.8 Å². The van der Waals surface area contributed by atoms with Gasteiger partial charge in [0.15, 0.2) is 0 Å². The van der Waals surface area contributed by atoms with Crippen LogP contribution in [0.5, 0.6) is 0 Å². The third kappa shape index (κ3) is 2.30. The van der Waals surface area contributed by atoms with Crippen LogP contribution in [0.3, 0.4) is 0 Å². The molecule has 0 aliphatic carbocycles. The molecule has 1 N–H and O–H groups in total. The van der Waals surface area contributed by atoms with Crippen molar-refractivity contribution in [3.8, 4) is 0 Å². The van der Waals surface area contributed by atoms with E-state index in [1.807, 2.05) is 12.1 Å². The predicted molar refractivity (Wildman–Crippen MR) is 78.6 cm³/mol. The fourth-order valence-electron chi connectivity index (χ4n) is 2.97. The van der Waals surface area contributed by atoms with E-state index in [2.05, 4.69) is 17.4 Å². The molecule has 1 saturated heterocycles. The molecule has 0 unspecified atom stereocenters. The van der Waals surface area contributed by atoms with Crippen molar-refractivity contribution in [3.63, 3.8) is 0 Å². The molecule has 0 spiro atoms. The first-order chi connectivity index (χ1) is 9.70. The lowest BCUT2D eigenvalue weighted by Crippen LogP contribution is -2.47. The standard InChI is InChI=1S/C15H18N2O2S/c1-16-14(18)11-6-4-8-17(11)15(19)13-9-10-5-2-3-7-12(10)20-13/h2-3,5,7,11,13H,4,6,8-9H2,1H3,(H,16,18)/t11-,13-/m1/s1. The second-order valence-electron chi connectivity index (χ2n) is 5.22. The number of rotatable bonds is 2. The molecular formula is C15H18N2O2S. The van der Waals surface area contributed by atoms with Gasteiger partial charge in [-0.25, -0.2) is 0 Å². The minimum absolute atomic E-state index is 0.0450. The van der Waals surface area contributed by atoms with E-state index in [4.69, 9.17) is 0 Å². The van der Waals surface area contributed by atoms with Crippen LogP contribution in [0, 0.1) is 0 Å². The summed E-state index contributed by atoms with van der Waals surface area (Å²) < 4.78 is 0. The highest BCUT2D eigenvalue weighted by molar-refractivity contribution is 8.01. The second kappa shape index (κ2) is 5.48. The number of carbonyl (C=O) groups excluding carboxylic acids is 2. The van der Waals surface area contributed by atoms with Gasteiger partial charge in [0, 0.05) is 18.5 Å². The summed E-state index contributed by atoms with van der Waals surface area (Å²) in [6.07, 6.45) is 2.46. The van der Waals surface area contributed by atoms with Crippen LogP contribution in [0.1, 0.15) is 18.4 Å². The number of hydrogen-bond acceptors (Lipinski definition) is 3. The zero-order chi connectivity index (χ0) is 14.1. The Bertz CT molecular complexity index is 521. The molecule has 20 heavy (non-hydrogen) atoms. The van der Waals surface area contributed by atoms with Crippen LogP contribution in [0.4, 0.5) is 0 Å². The molecule has 1 fully saturated rings. The van der Waals surface area contributed by atoms with Crippen LogP contribution in [0.15, 0.2) is 29.2 Å². The topological polar surface area (TPSA) is 49.4 Å². The fourth-order valence-corrected chi connectivity index (χ4v) is 4.24. The maximum Gasteiger partial charge on any atom is 0.242 e. The highest BCUT2D eigenvalue weighted by atomic mass is 32.2. The summed E-state index contributed by atoms with van der Waals surface area (Å²) in [5.41, 5.74) is 1.24. The van der Waals surface area contributed by atoms with Gasteiger partial charge < -0.3 is 10.2 Å². The van der Waals surface area contributed by atoms with Gasteiger partial charge in [-0.3, -0.25) is 9.59 Å². The van der Waals surface area contributed by atoms with Gasteiger partial charge in [-0.2, -0.15) is 0 Å². The van der Waals surface area contributed by atoms with Crippen LogP contribution in [-0.4, -0.2) is 41.6 Å². The average Bonchev–Trinajstić information content (AvgIpc) is 3.11. The number of likely N-dealkylation sites (N-methyl/N-ethyl adjacent to an activating group) is 1. The average molecular weight is 290 g/mol. The molecule has 2 atom stereocenters. The number of thioether (sulfide) groups is 1. The smallest absolute Gasteiger partial charge is 0.242 e. The van der Waals surface area contributed by atoms with Crippen molar-refractivity contribution in [2.75, 3.05) is 13.6 Å². The first-order valence-corrected chi connectivity index (χ1v) is 7.85. The quantitative estimate of drug-likeness (QED) is 0.896. The molecule has 2 aliphatic heterocycles. The molecule has 2 heterocycles. The molecule has 5 heteroatoms. The summed E-state index contributed by atoms with van der Waals surface area (Å²) in [6.45, 7) is 0.699. The van der Waals surface area contributed by atoms with Crippen molar-refractivity contribution in [2.24, 2.45) is 0 Å². The number of nitrogens with one attached hydrogen (secondary N) is 1. The lowest BCUT2D eigenvalue weighted by atomic mass is 10.1. The van der Waals surface area contributed by atoms with Gasteiger partial charge >= 0.3 is 0 Å². The van der Waals surface area contributed by atoms with Crippen molar-refractivity contribution < 1.29 is 9.59 Å². The maximum atomic E-state index is 12.7. The van der Waals surface area contributed by atoms with Gasteiger partial charge in [-0.15, -0.1) is 11.8 Å². The predicted octanol–water partition coefficient (Wildman–Crippen LogP) is 1.44. The van der Waals surface area contributed by atoms with E-state index in [0.29, 0.717) is 6.54 Å². The molecule has 0 aromatic heterocycles. The van der Waals surface area contributed by atoms with Crippen molar-refractivity contribution in [2.45, 2.75) is 35.4 Å². The van der Waals surface area contributed by atoms with Gasteiger partial charge in [0.2, 0.25) is 11.8 Å². The van der Waals surface area contributed by atoms with E-state index in [-0.39, 0.29) is 23.1 Å². The summed E-state index contributed by atoms with van der Waals surface area (Å²) >= 11 is 1.63. The number of nitrogens with zero attached hydrogens (tertiary/aromatic N) is 1. The highest BCUT2D eigenvalue weighted by Crippen LogP contribution is 2.38. The Kier molecular flexibility index (Phi) is 3.70. The number of carbonyl (C=O) groups is 2. The third-order valence-electron chi connectivity index (χ3n) is 4.01. The molecule has 0 bridgehead atoms. The van der Waals surface area contributed by atoms with Crippen LogP contribution < -0.4 is 5.32 Å². The number of likely N-dealkylation sites (tertiary alicyclic amines) is 1. The second-order valence-corrected chi connectivity index (χ2v) is 6.47. The van der Waals surface area contributed by atoms with Crippen molar-refractivity contribution in [3.05, 3.63) is 29.8 Å². The van der Waals surface area contributed by atoms with Crippen LogP contribution in [-0.2, 0) is 16.0 Å². The normalized spacial score (nSPS) is 24.6. The van der Waals surface area contributed by atoms with E-state index >= 15 is 0 Å². The largest absolute Gasteiger partial charge is 0.357 e. The summed E-state index contributed by atoms with van der Waals surface area (Å²) in [5, 5.41) is 2.59. The zero-order valence-electron chi connectivity index (χ0n) is 11.5. The zero-order valence-corrected chi connectivity index (χ0v) is 12.3. The third-order valence-corrected chi connectivity index (χ3v) is 5.31. The van der Waals surface area contributed by atoms with Crippen molar-refractivity contribution >= 4 is 23.6 Å². The van der Waals surface area contributed by atoms with Crippen LogP contribution in [0.25, 0.3) is 0 Å². The summed E-state index contributed by atoms with van der Waals surface area (Å²) in [6, 6.07) is 7.87. The molecule has 0 saturated carbocycles. The molecule has 1 aromatic carbocycles. The van der Waals surface area contributed by atoms with Crippen molar-refractivity contribution in [1.29, 1.82) is 0 Å². The van der Waals surface area contributed by atoms with Gasteiger partial charge in [0.05, 0.1) is 5.25 Å². The molecule has 4 nitrogen and oxygen atoms in total. The Morgan fingerprint density at radius 1 is 1.35 bits per heavy atom. The lowest BCUT2D eigenvalue weighted by molar-refractivity contribution is -0.137. The molecule has 0 radical (unpaired) electrons. The monoisotopic (exact) mass is 290 g/mol. The molecule has 106 valence electrons. The minimum Gasteiger partial charge on any atom is -0.357 e. The number of benzene rings is 1. The number of hydrogen-bond donors (Lipinski definition) is 1. The first kappa shape index (κ1) is 13.5. The highest BCUT2D eigenvalue weighted by Gasteiger charge is 2.38. The number of fused-ring (bicyclic) bond motifs is 1. The Hall–Kier alpha value is -1.49.